The number of methoxy groups -OCH3 is 1. The van der Waals surface area contributed by atoms with Crippen LogP contribution in [-0.2, 0) is 16.4 Å². The lowest BCUT2D eigenvalue weighted by Crippen LogP contribution is -2.48. The van der Waals surface area contributed by atoms with Crippen LogP contribution in [0.1, 0.15) is 24.1 Å². The monoisotopic (exact) mass is 396 g/mol. The van der Waals surface area contributed by atoms with Gasteiger partial charge in [-0.1, -0.05) is 37.3 Å². The fraction of sp³-hybridized carbons (Fsp3) is 0.368. The molecule has 3 rings (SSSR count). The van der Waals surface area contributed by atoms with E-state index in [0.29, 0.717) is 30.3 Å². The zero-order chi connectivity index (χ0) is 17.9. The number of ether oxygens (including phenoxy) is 1. The van der Waals surface area contributed by atoms with E-state index >= 15 is 0 Å². The van der Waals surface area contributed by atoms with Gasteiger partial charge in [-0.3, -0.25) is 0 Å². The van der Waals surface area contributed by atoms with Gasteiger partial charge in [0.1, 0.15) is 5.75 Å². The van der Waals surface area contributed by atoms with E-state index in [1.165, 1.54) is 0 Å². The number of hydrogen-bond donors (Lipinski definition) is 1. The zero-order valence-corrected chi connectivity index (χ0v) is 16.6. The lowest BCUT2D eigenvalue weighted by atomic mass is 10.0. The van der Waals surface area contributed by atoms with Crippen molar-refractivity contribution in [3.63, 3.8) is 0 Å². The molecule has 2 aromatic carbocycles. The molecule has 1 aliphatic rings. The van der Waals surface area contributed by atoms with Crippen LogP contribution < -0.4 is 10.1 Å². The van der Waals surface area contributed by atoms with Gasteiger partial charge in [0.05, 0.1) is 18.0 Å². The van der Waals surface area contributed by atoms with Crippen LogP contribution >= 0.6 is 12.4 Å². The molecule has 5 nitrogen and oxygen atoms in total. The van der Waals surface area contributed by atoms with Crippen molar-refractivity contribution in [2.24, 2.45) is 0 Å². The molecule has 1 aliphatic heterocycles. The molecule has 7 heteroatoms. The molecule has 1 atom stereocenters. The Morgan fingerprint density at radius 3 is 2.50 bits per heavy atom. The average molecular weight is 397 g/mol. The lowest BCUT2D eigenvalue weighted by molar-refractivity contribution is 0.264. The van der Waals surface area contributed by atoms with E-state index in [1.54, 1.807) is 23.5 Å². The van der Waals surface area contributed by atoms with Gasteiger partial charge >= 0.3 is 0 Å². The van der Waals surface area contributed by atoms with Gasteiger partial charge in [-0.2, -0.15) is 4.31 Å². The van der Waals surface area contributed by atoms with Gasteiger partial charge in [0.15, 0.2) is 0 Å². The quantitative estimate of drug-likeness (QED) is 0.844. The largest absolute Gasteiger partial charge is 0.496 e. The first-order valence-electron chi connectivity index (χ1n) is 8.52. The summed E-state index contributed by atoms with van der Waals surface area (Å²) in [6.45, 7) is 3.68. The van der Waals surface area contributed by atoms with Crippen LogP contribution in [0, 0.1) is 0 Å². The Hall–Kier alpha value is -1.60. The summed E-state index contributed by atoms with van der Waals surface area (Å²) in [5.74, 6) is 0.706. The van der Waals surface area contributed by atoms with Gasteiger partial charge in [-0.05, 0) is 30.2 Å². The second-order valence-corrected chi connectivity index (χ2v) is 7.97. The van der Waals surface area contributed by atoms with E-state index in [9.17, 15) is 8.42 Å². The van der Waals surface area contributed by atoms with E-state index in [-0.39, 0.29) is 18.4 Å². The van der Waals surface area contributed by atoms with Crippen LogP contribution in [0.15, 0.2) is 53.4 Å². The normalized spacial score (nSPS) is 18.2. The Morgan fingerprint density at radius 1 is 1.15 bits per heavy atom. The van der Waals surface area contributed by atoms with E-state index in [1.807, 2.05) is 36.4 Å². The second kappa shape index (κ2) is 8.86. The summed E-state index contributed by atoms with van der Waals surface area (Å²) in [6, 6.07) is 14.5. The molecule has 0 aromatic heterocycles. The maximum atomic E-state index is 13.2. The van der Waals surface area contributed by atoms with Crippen LogP contribution in [0.3, 0.4) is 0 Å². The minimum Gasteiger partial charge on any atom is -0.496 e. The summed E-state index contributed by atoms with van der Waals surface area (Å²) in [5, 5.41) is 3.29. The number of aryl methyl sites for hydroxylation is 1. The van der Waals surface area contributed by atoms with Crippen LogP contribution in [0.25, 0.3) is 0 Å². The molecule has 26 heavy (non-hydrogen) atoms. The number of rotatable bonds is 5. The fourth-order valence-corrected chi connectivity index (χ4v) is 4.82. The van der Waals surface area contributed by atoms with Crippen molar-refractivity contribution < 1.29 is 13.2 Å². The van der Waals surface area contributed by atoms with Crippen molar-refractivity contribution in [1.82, 2.24) is 9.62 Å². The Labute approximate surface area is 161 Å². The Balaban J connectivity index is 0.00000243. The molecule has 0 amide bonds. The molecule has 0 spiro atoms. The number of sulfonamides is 1. The lowest BCUT2D eigenvalue weighted by Gasteiger charge is -2.36. The maximum absolute atomic E-state index is 13.2. The average Bonchev–Trinajstić information content (AvgIpc) is 2.68. The van der Waals surface area contributed by atoms with Gasteiger partial charge in [-0.25, -0.2) is 8.42 Å². The van der Waals surface area contributed by atoms with E-state index < -0.39 is 10.0 Å². The highest BCUT2D eigenvalue weighted by Gasteiger charge is 2.35. The summed E-state index contributed by atoms with van der Waals surface area (Å²) in [7, 11) is -1.96. The molecule has 1 heterocycles. The molecule has 142 valence electrons. The predicted molar refractivity (Wildman–Crippen MR) is 106 cm³/mol. The molecular formula is C19H25ClN2O3S. The molecular weight excluding hydrogens is 372 g/mol. The molecule has 0 radical (unpaired) electrons. The van der Waals surface area contributed by atoms with Gasteiger partial charge in [-0.15, -0.1) is 12.4 Å². The third kappa shape index (κ3) is 4.04. The Bertz CT molecular complexity index is 825. The van der Waals surface area contributed by atoms with Crippen molar-refractivity contribution in [1.29, 1.82) is 0 Å². The van der Waals surface area contributed by atoms with E-state index in [2.05, 4.69) is 12.2 Å². The molecule has 0 bridgehead atoms. The molecule has 1 saturated heterocycles. The number of halogens is 1. The highest BCUT2D eigenvalue weighted by atomic mass is 35.5. The van der Waals surface area contributed by atoms with E-state index in [0.717, 1.165) is 17.5 Å². The number of para-hydroxylation sites is 1. The van der Waals surface area contributed by atoms with Crippen LogP contribution in [0.5, 0.6) is 5.75 Å². The first-order chi connectivity index (χ1) is 12.1. The molecule has 0 saturated carbocycles. The molecule has 1 fully saturated rings. The number of benzene rings is 2. The minimum absolute atomic E-state index is 0. The third-order valence-corrected chi connectivity index (χ3v) is 6.55. The number of nitrogens with one attached hydrogen (secondary N) is 1. The van der Waals surface area contributed by atoms with Crippen molar-refractivity contribution >= 4 is 22.4 Å². The molecule has 1 N–H and O–H groups in total. The predicted octanol–water partition coefficient (Wildman–Crippen LogP) is 3.01. The Morgan fingerprint density at radius 2 is 1.85 bits per heavy atom. The van der Waals surface area contributed by atoms with Crippen LogP contribution in [0.4, 0.5) is 0 Å². The molecule has 2 aromatic rings. The van der Waals surface area contributed by atoms with Gasteiger partial charge in [0.2, 0.25) is 10.0 Å². The summed E-state index contributed by atoms with van der Waals surface area (Å²) in [4.78, 5) is 0.339. The van der Waals surface area contributed by atoms with Crippen molar-refractivity contribution in [3.05, 3.63) is 59.7 Å². The summed E-state index contributed by atoms with van der Waals surface area (Å²) >= 11 is 0. The van der Waals surface area contributed by atoms with Crippen molar-refractivity contribution in [2.75, 3.05) is 26.7 Å². The minimum atomic E-state index is -3.57. The molecule has 0 aliphatic carbocycles. The van der Waals surface area contributed by atoms with Crippen molar-refractivity contribution in [2.45, 2.75) is 24.3 Å². The maximum Gasteiger partial charge on any atom is 0.243 e. The van der Waals surface area contributed by atoms with Gasteiger partial charge in [0, 0.05) is 25.2 Å². The van der Waals surface area contributed by atoms with Crippen LogP contribution in [-0.4, -0.2) is 39.5 Å². The fourth-order valence-electron chi connectivity index (χ4n) is 3.21. The summed E-state index contributed by atoms with van der Waals surface area (Å²) in [6.07, 6.45) is 0.887. The number of nitrogens with zero attached hydrogens (tertiary/aromatic N) is 1. The summed E-state index contributed by atoms with van der Waals surface area (Å²) < 4.78 is 33.5. The standard InChI is InChI=1S/C19H24N2O3S.ClH/c1-3-15-8-10-16(11-9-15)25(22,23)21-13-12-20-14-18(21)17-6-4-5-7-19(17)24-2;/h4-11,18,20H,3,12-14H2,1-2H3;1H. The Kier molecular flexibility index (Phi) is 7.06. The number of hydrogen-bond acceptors (Lipinski definition) is 4. The third-order valence-electron chi connectivity index (χ3n) is 4.63. The smallest absolute Gasteiger partial charge is 0.243 e. The highest BCUT2D eigenvalue weighted by Crippen LogP contribution is 2.33. The summed E-state index contributed by atoms with van der Waals surface area (Å²) in [5.41, 5.74) is 2.01. The topological polar surface area (TPSA) is 58.6 Å². The first-order valence-corrected chi connectivity index (χ1v) is 9.96. The van der Waals surface area contributed by atoms with Gasteiger partial charge in [0.25, 0.3) is 0 Å². The van der Waals surface area contributed by atoms with E-state index in [4.69, 9.17) is 4.74 Å². The zero-order valence-electron chi connectivity index (χ0n) is 15.0. The van der Waals surface area contributed by atoms with Crippen molar-refractivity contribution in [3.8, 4) is 5.75 Å². The number of piperazine rings is 1. The molecule has 1 unspecified atom stereocenters. The second-order valence-electron chi connectivity index (χ2n) is 6.08. The van der Waals surface area contributed by atoms with Crippen LogP contribution in [0.2, 0.25) is 0 Å². The SMILES string of the molecule is CCc1ccc(S(=O)(=O)N2CCNCC2c2ccccc2OC)cc1.Cl. The highest BCUT2D eigenvalue weighted by molar-refractivity contribution is 7.89. The van der Waals surface area contributed by atoms with Gasteiger partial charge < -0.3 is 10.1 Å². The first kappa shape index (κ1) is 20.7.